The maximum atomic E-state index is 15.3. The lowest BCUT2D eigenvalue weighted by atomic mass is 9.65. The number of hydrogen-bond acceptors (Lipinski definition) is 3. The van der Waals surface area contributed by atoms with E-state index in [0.717, 1.165) is 61.1 Å². The summed E-state index contributed by atoms with van der Waals surface area (Å²) in [7, 11) is -2.07. The van der Waals surface area contributed by atoms with E-state index in [1.54, 1.807) is 0 Å². The first-order chi connectivity index (χ1) is 21.5. The summed E-state index contributed by atoms with van der Waals surface area (Å²) in [4.78, 5) is 20.1. The fourth-order valence-electron chi connectivity index (χ4n) is 9.00. The minimum absolute atomic E-state index is 0.0508. The molecule has 2 heterocycles. The smallest absolute Gasteiger partial charge is 0.229 e. The van der Waals surface area contributed by atoms with Gasteiger partial charge in [0.1, 0.15) is 0 Å². The van der Waals surface area contributed by atoms with Gasteiger partial charge < -0.3 is 14.2 Å². The minimum Gasteiger partial charge on any atom is -0.416 e. The maximum Gasteiger partial charge on any atom is 0.229 e. The molecule has 0 aromatic heterocycles. The third-order valence-corrected chi connectivity index (χ3v) is 18.0. The summed E-state index contributed by atoms with van der Waals surface area (Å²) in [6.45, 7) is 18.8. The first-order valence-corrected chi connectivity index (χ1v) is 20.5. The fourth-order valence-corrected chi connectivity index (χ4v) is 14.8. The average molecular weight is 672 g/mol. The van der Waals surface area contributed by atoms with Crippen LogP contribution in [0.2, 0.25) is 26.7 Å². The molecule has 1 unspecified atom stereocenters. The standard InChI is InChI=1S/C38H56Cl2N2O2Si/c1-27(2)45(28(3)4,29(5)6)44-23-19-38(18-22-41-20-7-8-21-41)25-35(32-10-9-11-34(40)24-32)36(31-14-16-33(39)17-15-31)42(37(38)43)26-30-12-13-30/h9-11,14-17,24,27-30,35-36H,7-8,12-13,18-23,25-26H2,1-6H3/t35-,36-,38?/m1/s1. The fraction of sp³-hybridized carbons (Fsp3) is 0.658. The molecule has 3 fully saturated rings. The molecule has 3 atom stereocenters. The molecule has 0 radical (unpaired) electrons. The van der Waals surface area contributed by atoms with E-state index in [4.69, 9.17) is 27.6 Å². The monoisotopic (exact) mass is 670 g/mol. The maximum absolute atomic E-state index is 15.3. The van der Waals surface area contributed by atoms with Crippen molar-refractivity contribution in [2.24, 2.45) is 11.3 Å². The first kappa shape index (κ1) is 34.9. The number of carbonyl (C=O) groups excluding carboxylic acids is 1. The molecule has 0 spiro atoms. The van der Waals surface area contributed by atoms with Gasteiger partial charge in [0.05, 0.1) is 11.5 Å². The van der Waals surface area contributed by atoms with Crippen molar-refractivity contribution in [2.75, 3.05) is 32.8 Å². The highest BCUT2D eigenvalue weighted by Crippen LogP contribution is 2.54. The summed E-state index contributed by atoms with van der Waals surface area (Å²) in [5.74, 6) is 1.04. The van der Waals surface area contributed by atoms with Crippen molar-refractivity contribution in [3.05, 3.63) is 69.7 Å². The van der Waals surface area contributed by atoms with Gasteiger partial charge in [0.2, 0.25) is 5.91 Å². The molecule has 1 aliphatic carbocycles. The van der Waals surface area contributed by atoms with Crippen molar-refractivity contribution < 1.29 is 9.22 Å². The number of nitrogens with zero attached hydrogens (tertiary/aromatic N) is 2. The Morgan fingerprint density at radius 2 is 1.51 bits per heavy atom. The van der Waals surface area contributed by atoms with E-state index >= 15 is 4.79 Å². The van der Waals surface area contributed by atoms with Crippen LogP contribution in [0.25, 0.3) is 0 Å². The van der Waals surface area contributed by atoms with Crippen LogP contribution in [0.1, 0.15) is 110 Å². The molecule has 3 aliphatic rings. The Balaban J connectivity index is 1.56. The Labute approximate surface area is 284 Å². The van der Waals surface area contributed by atoms with Gasteiger partial charge in [-0.15, -0.1) is 0 Å². The van der Waals surface area contributed by atoms with Gasteiger partial charge in [-0.1, -0.05) is 89.0 Å². The van der Waals surface area contributed by atoms with E-state index < -0.39 is 13.7 Å². The summed E-state index contributed by atoms with van der Waals surface area (Å²) in [5, 5.41) is 1.47. The molecule has 5 rings (SSSR count). The van der Waals surface area contributed by atoms with Crippen LogP contribution in [0.5, 0.6) is 0 Å². The third kappa shape index (κ3) is 7.69. The molecule has 4 nitrogen and oxygen atoms in total. The van der Waals surface area contributed by atoms with Gasteiger partial charge in [-0.25, -0.2) is 0 Å². The van der Waals surface area contributed by atoms with Gasteiger partial charge in [0.25, 0.3) is 0 Å². The number of hydrogen-bond donors (Lipinski definition) is 0. The Morgan fingerprint density at radius 3 is 2.09 bits per heavy atom. The zero-order chi connectivity index (χ0) is 32.4. The van der Waals surface area contributed by atoms with Crippen molar-refractivity contribution in [2.45, 2.75) is 115 Å². The molecule has 1 saturated carbocycles. The molecular formula is C38H56Cl2N2O2Si. The van der Waals surface area contributed by atoms with E-state index in [1.165, 1.54) is 31.2 Å². The highest BCUT2D eigenvalue weighted by atomic mass is 35.5. The van der Waals surface area contributed by atoms with Crippen molar-refractivity contribution >= 4 is 37.4 Å². The van der Waals surface area contributed by atoms with Crippen molar-refractivity contribution in [3.63, 3.8) is 0 Å². The molecule has 45 heavy (non-hydrogen) atoms. The zero-order valence-corrected chi connectivity index (χ0v) is 31.0. The lowest BCUT2D eigenvalue weighted by molar-refractivity contribution is -0.155. The van der Waals surface area contributed by atoms with Gasteiger partial charge in [-0.2, -0.15) is 0 Å². The van der Waals surface area contributed by atoms with Crippen LogP contribution in [0.3, 0.4) is 0 Å². The van der Waals surface area contributed by atoms with Gasteiger partial charge >= 0.3 is 0 Å². The SMILES string of the molecule is CC(C)[Si](OCCC1(CCN2CCCC2)C[C@H](c2cccc(Cl)c2)[C@@H](c2ccc(Cl)cc2)N(CC2CC2)C1=O)(C(C)C)C(C)C. The topological polar surface area (TPSA) is 32.8 Å². The van der Waals surface area contributed by atoms with E-state index in [1.807, 2.05) is 18.2 Å². The molecule has 0 N–H and O–H groups in total. The molecule has 248 valence electrons. The van der Waals surface area contributed by atoms with Gasteiger partial charge in [-0.05, 0) is 123 Å². The number of rotatable bonds is 14. The molecule has 7 heteroatoms. The molecular weight excluding hydrogens is 615 g/mol. The van der Waals surface area contributed by atoms with Crippen LogP contribution in [0, 0.1) is 11.3 Å². The van der Waals surface area contributed by atoms with Crippen LogP contribution >= 0.6 is 23.2 Å². The van der Waals surface area contributed by atoms with Gasteiger partial charge in [-0.3, -0.25) is 4.79 Å². The van der Waals surface area contributed by atoms with E-state index in [9.17, 15) is 0 Å². The summed E-state index contributed by atoms with van der Waals surface area (Å²) >= 11 is 13.0. The van der Waals surface area contributed by atoms with E-state index in [0.29, 0.717) is 35.1 Å². The summed E-state index contributed by atoms with van der Waals surface area (Å²) in [5.41, 5.74) is 3.43. The Bertz CT molecular complexity index is 1250. The lowest BCUT2D eigenvalue weighted by Crippen LogP contribution is -2.55. The number of halogens is 2. The second-order valence-electron chi connectivity index (χ2n) is 15.3. The van der Waals surface area contributed by atoms with Crippen LogP contribution in [0.15, 0.2) is 48.5 Å². The second kappa shape index (κ2) is 14.8. The summed E-state index contributed by atoms with van der Waals surface area (Å²) < 4.78 is 7.19. The lowest BCUT2D eigenvalue weighted by Gasteiger charge is -2.52. The number of piperidine rings is 1. The normalized spacial score (nSPS) is 24.9. The van der Waals surface area contributed by atoms with Gasteiger partial charge in [0.15, 0.2) is 8.32 Å². The predicted molar refractivity (Wildman–Crippen MR) is 192 cm³/mol. The largest absolute Gasteiger partial charge is 0.416 e. The Morgan fingerprint density at radius 1 is 0.867 bits per heavy atom. The van der Waals surface area contributed by atoms with Gasteiger partial charge in [0, 0.05) is 29.1 Å². The summed E-state index contributed by atoms with van der Waals surface area (Å²) in [6, 6.07) is 16.5. The number of carbonyl (C=O) groups is 1. The molecule has 2 saturated heterocycles. The minimum atomic E-state index is -2.07. The van der Waals surface area contributed by atoms with E-state index in [2.05, 4.69) is 81.7 Å². The summed E-state index contributed by atoms with van der Waals surface area (Å²) in [6.07, 6.45) is 7.37. The quantitative estimate of drug-likeness (QED) is 0.187. The van der Waals surface area contributed by atoms with Crippen molar-refractivity contribution in [3.8, 4) is 0 Å². The highest BCUT2D eigenvalue weighted by molar-refractivity contribution is 6.77. The molecule has 1 amide bonds. The zero-order valence-electron chi connectivity index (χ0n) is 28.5. The Hall–Kier alpha value is -1.37. The average Bonchev–Trinajstić information content (AvgIpc) is 3.66. The Kier molecular flexibility index (Phi) is 11.5. The predicted octanol–water partition coefficient (Wildman–Crippen LogP) is 10.5. The molecule has 2 aliphatic heterocycles. The number of amides is 1. The molecule has 0 bridgehead atoms. The van der Waals surface area contributed by atoms with Crippen LogP contribution < -0.4 is 0 Å². The van der Waals surface area contributed by atoms with Crippen LogP contribution in [-0.4, -0.2) is 56.8 Å². The van der Waals surface area contributed by atoms with Crippen molar-refractivity contribution in [1.82, 2.24) is 9.80 Å². The first-order valence-electron chi connectivity index (χ1n) is 17.6. The van der Waals surface area contributed by atoms with Crippen LogP contribution in [-0.2, 0) is 9.22 Å². The molecule has 2 aromatic rings. The molecule has 2 aromatic carbocycles. The van der Waals surface area contributed by atoms with Crippen molar-refractivity contribution in [1.29, 1.82) is 0 Å². The van der Waals surface area contributed by atoms with Crippen LogP contribution in [0.4, 0.5) is 0 Å². The third-order valence-electron chi connectivity index (χ3n) is 11.4. The highest BCUT2D eigenvalue weighted by Gasteiger charge is 2.53. The number of likely N-dealkylation sites (tertiary alicyclic amines) is 2. The second-order valence-corrected chi connectivity index (χ2v) is 21.6. The number of benzene rings is 2. The van der Waals surface area contributed by atoms with E-state index in [-0.39, 0.29) is 12.0 Å².